The maximum atomic E-state index is 12.1. The van der Waals surface area contributed by atoms with Crippen LogP contribution in [0.4, 0.5) is 5.69 Å². The summed E-state index contributed by atoms with van der Waals surface area (Å²) < 4.78 is 5.43. The lowest BCUT2D eigenvalue weighted by molar-refractivity contribution is -0.124. The van der Waals surface area contributed by atoms with E-state index in [0.29, 0.717) is 12.5 Å². The molecule has 0 bridgehead atoms. The Labute approximate surface area is 156 Å². The lowest BCUT2D eigenvalue weighted by Crippen LogP contribution is -2.26. The van der Waals surface area contributed by atoms with Crippen molar-refractivity contribution < 1.29 is 9.53 Å². The average molecular weight is 352 g/mol. The van der Waals surface area contributed by atoms with Crippen LogP contribution in [0.5, 0.6) is 0 Å². The van der Waals surface area contributed by atoms with Crippen molar-refractivity contribution in [3.63, 3.8) is 0 Å². The smallest absolute Gasteiger partial charge is 0.253 e. The van der Waals surface area contributed by atoms with Crippen LogP contribution in [0.1, 0.15) is 43.2 Å². The first kappa shape index (κ1) is 18.6. The predicted octanol–water partition coefficient (Wildman–Crippen LogP) is 4.09. The number of hydrogen-bond donors (Lipinski definition) is 2. The first-order valence-electron chi connectivity index (χ1n) is 9.49. The van der Waals surface area contributed by atoms with Gasteiger partial charge in [-0.05, 0) is 55.0 Å². The molecule has 4 nitrogen and oxygen atoms in total. The first-order chi connectivity index (χ1) is 12.7. The minimum absolute atomic E-state index is 0.0377. The minimum Gasteiger partial charge on any atom is -0.368 e. The summed E-state index contributed by atoms with van der Waals surface area (Å²) in [6.45, 7) is 4.70. The molecule has 2 N–H and O–H groups in total. The quantitative estimate of drug-likeness (QED) is 0.704. The summed E-state index contributed by atoms with van der Waals surface area (Å²) in [5, 5.41) is 6.46. The van der Waals surface area contributed by atoms with E-state index in [2.05, 4.69) is 54.0 Å². The molecule has 1 heterocycles. The minimum atomic E-state index is -0.295. The number of amides is 1. The molecule has 2 aromatic rings. The molecule has 0 aliphatic carbocycles. The summed E-state index contributed by atoms with van der Waals surface area (Å²) in [5.41, 5.74) is 3.39. The van der Waals surface area contributed by atoms with Gasteiger partial charge in [-0.1, -0.05) is 49.4 Å². The van der Waals surface area contributed by atoms with Crippen LogP contribution >= 0.6 is 0 Å². The Morgan fingerprint density at radius 3 is 2.81 bits per heavy atom. The van der Waals surface area contributed by atoms with Crippen LogP contribution in [0.2, 0.25) is 0 Å². The summed E-state index contributed by atoms with van der Waals surface area (Å²) in [7, 11) is 0. The fraction of sp³-hybridized carbons (Fsp3) is 0.409. The third kappa shape index (κ3) is 5.41. The molecule has 1 aliphatic heterocycles. The van der Waals surface area contributed by atoms with Gasteiger partial charge in [-0.2, -0.15) is 0 Å². The average Bonchev–Trinajstić information content (AvgIpc) is 3.21. The standard InChI is InChI=1S/C22H28N2O2/c1-17(19-8-3-2-4-9-19)12-13-23-16-18-7-5-10-20(15-18)24-22(25)21-11-6-14-26-21/h2-5,7-10,15,17,21,23H,6,11-14,16H2,1H3,(H,24,25). The summed E-state index contributed by atoms with van der Waals surface area (Å²) in [6, 6.07) is 18.6. The molecule has 138 valence electrons. The highest BCUT2D eigenvalue weighted by Gasteiger charge is 2.23. The van der Waals surface area contributed by atoms with E-state index >= 15 is 0 Å². The summed E-state index contributed by atoms with van der Waals surface area (Å²) in [5.74, 6) is 0.505. The Morgan fingerprint density at radius 2 is 2.04 bits per heavy atom. The SMILES string of the molecule is CC(CCNCc1cccc(NC(=O)C2CCCO2)c1)c1ccccc1. The number of carbonyl (C=O) groups excluding carboxylic acids is 1. The van der Waals surface area contributed by atoms with Gasteiger partial charge in [0.25, 0.3) is 5.91 Å². The monoisotopic (exact) mass is 352 g/mol. The van der Waals surface area contributed by atoms with Crippen LogP contribution in [-0.2, 0) is 16.1 Å². The van der Waals surface area contributed by atoms with Gasteiger partial charge in [-0.3, -0.25) is 4.79 Å². The van der Waals surface area contributed by atoms with Crippen LogP contribution in [0.3, 0.4) is 0 Å². The predicted molar refractivity (Wildman–Crippen MR) is 105 cm³/mol. The van der Waals surface area contributed by atoms with Gasteiger partial charge in [0.05, 0.1) is 0 Å². The van der Waals surface area contributed by atoms with Crippen molar-refractivity contribution in [3.05, 3.63) is 65.7 Å². The number of rotatable bonds is 8. The van der Waals surface area contributed by atoms with Crippen molar-refractivity contribution in [3.8, 4) is 0 Å². The van der Waals surface area contributed by atoms with E-state index in [0.717, 1.165) is 38.0 Å². The number of benzene rings is 2. The van der Waals surface area contributed by atoms with Crippen molar-refractivity contribution in [1.29, 1.82) is 0 Å². The van der Waals surface area contributed by atoms with Crippen molar-refractivity contribution in [2.45, 2.75) is 44.8 Å². The van der Waals surface area contributed by atoms with E-state index in [-0.39, 0.29) is 12.0 Å². The molecule has 26 heavy (non-hydrogen) atoms. The van der Waals surface area contributed by atoms with Crippen LogP contribution < -0.4 is 10.6 Å². The Morgan fingerprint density at radius 1 is 1.19 bits per heavy atom. The zero-order chi connectivity index (χ0) is 18.2. The van der Waals surface area contributed by atoms with Gasteiger partial charge in [-0.25, -0.2) is 0 Å². The van der Waals surface area contributed by atoms with Gasteiger partial charge in [0.2, 0.25) is 0 Å². The second kappa shape index (κ2) is 9.51. The third-order valence-electron chi connectivity index (χ3n) is 4.87. The zero-order valence-corrected chi connectivity index (χ0v) is 15.4. The van der Waals surface area contributed by atoms with Gasteiger partial charge >= 0.3 is 0 Å². The molecule has 0 radical (unpaired) electrons. The molecular weight excluding hydrogens is 324 g/mol. The summed E-state index contributed by atoms with van der Waals surface area (Å²) in [4.78, 5) is 12.1. The second-order valence-corrected chi connectivity index (χ2v) is 6.97. The fourth-order valence-electron chi connectivity index (χ4n) is 3.27. The Kier molecular flexibility index (Phi) is 6.81. The second-order valence-electron chi connectivity index (χ2n) is 6.97. The van der Waals surface area contributed by atoms with E-state index in [9.17, 15) is 4.79 Å². The van der Waals surface area contributed by atoms with Gasteiger partial charge in [-0.15, -0.1) is 0 Å². The summed E-state index contributed by atoms with van der Waals surface area (Å²) in [6.07, 6.45) is 2.58. The summed E-state index contributed by atoms with van der Waals surface area (Å²) >= 11 is 0. The van der Waals surface area contributed by atoms with Crippen LogP contribution in [0, 0.1) is 0 Å². The third-order valence-corrected chi connectivity index (χ3v) is 4.87. The van der Waals surface area contributed by atoms with Crippen molar-refractivity contribution in [2.24, 2.45) is 0 Å². The van der Waals surface area contributed by atoms with E-state index in [1.54, 1.807) is 0 Å². The maximum Gasteiger partial charge on any atom is 0.253 e. The van der Waals surface area contributed by atoms with Gasteiger partial charge < -0.3 is 15.4 Å². The molecule has 0 aromatic heterocycles. The van der Waals surface area contributed by atoms with Crippen LogP contribution in [-0.4, -0.2) is 25.2 Å². The number of nitrogens with one attached hydrogen (secondary N) is 2. The van der Waals surface area contributed by atoms with E-state index in [1.165, 1.54) is 11.1 Å². The number of carbonyl (C=O) groups is 1. The highest BCUT2D eigenvalue weighted by molar-refractivity contribution is 5.94. The normalized spacial score (nSPS) is 17.8. The van der Waals surface area contributed by atoms with Gasteiger partial charge in [0, 0.05) is 18.8 Å². The Bertz CT molecular complexity index is 696. The number of anilines is 1. The van der Waals surface area contributed by atoms with Crippen molar-refractivity contribution in [2.75, 3.05) is 18.5 Å². The van der Waals surface area contributed by atoms with Crippen molar-refractivity contribution >= 4 is 11.6 Å². The molecule has 1 saturated heterocycles. The Balaban J connectivity index is 1.43. The highest BCUT2D eigenvalue weighted by Crippen LogP contribution is 2.18. The van der Waals surface area contributed by atoms with Crippen LogP contribution in [0.15, 0.2) is 54.6 Å². The molecule has 1 aliphatic rings. The molecule has 2 aromatic carbocycles. The molecular formula is C22H28N2O2. The van der Waals surface area contributed by atoms with Gasteiger partial charge in [0.1, 0.15) is 6.10 Å². The number of hydrogen-bond acceptors (Lipinski definition) is 3. The first-order valence-corrected chi connectivity index (χ1v) is 9.49. The van der Waals surface area contributed by atoms with E-state index in [1.807, 2.05) is 18.2 Å². The molecule has 1 fully saturated rings. The molecule has 0 spiro atoms. The van der Waals surface area contributed by atoms with Gasteiger partial charge in [0.15, 0.2) is 0 Å². The maximum absolute atomic E-state index is 12.1. The highest BCUT2D eigenvalue weighted by atomic mass is 16.5. The zero-order valence-electron chi connectivity index (χ0n) is 15.4. The molecule has 3 rings (SSSR count). The fourth-order valence-corrected chi connectivity index (χ4v) is 3.27. The largest absolute Gasteiger partial charge is 0.368 e. The molecule has 2 atom stereocenters. The number of ether oxygens (including phenoxy) is 1. The lowest BCUT2D eigenvalue weighted by Gasteiger charge is -2.13. The molecule has 1 amide bonds. The van der Waals surface area contributed by atoms with E-state index < -0.39 is 0 Å². The molecule has 2 unspecified atom stereocenters. The Hall–Kier alpha value is -2.17. The molecule has 0 saturated carbocycles. The van der Waals surface area contributed by atoms with Crippen LogP contribution in [0.25, 0.3) is 0 Å². The van der Waals surface area contributed by atoms with Crippen molar-refractivity contribution in [1.82, 2.24) is 5.32 Å². The lowest BCUT2D eigenvalue weighted by atomic mass is 9.98. The molecule has 4 heteroatoms. The van der Waals surface area contributed by atoms with E-state index in [4.69, 9.17) is 4.74 Å². The topological polar surface area (TPSA) is 50.4 Å².